The smallest absolute Gasteiger partial charge is 0.342 e. The van der Waals surface area contributed by atoms with Gasteiger partial charge in [0.1, 0.15) is 12.2 Å². The Hall–Kier alpha value is -1.40. The number of aliphatic hydroxyl groups is 1. The highest BCUT2D eigenvalue weighted by Gasteiger charge is 2.95. The van der Waals surface area contributed by atoms with Gasteiger partial charge in [0.2, 0.25) is 5.60 Å². The van der Waals surface area contributed by atoms with Gasteiger partial charge in [0.25, 0.3) is 0 Å². The molecule has 6 heteroatoms. The molecule has 21 heavy (non-hydrogen) atoms. The molecule has 4 unspecified atom stereocenters. The van der Waals surface area contributed by atoms with Crippen LogP contribution in [0.2, 0.25) is 0 Å². The number of rotatable bonds is 1. The second-order valence-corrected chi connectivity index (χ2v) is 7.25. The molecule has 6 nitrogen and oxygen atoms in total. The Morgan fingerprint density at radius 1 is 1.38 bits per heavy atom. The van der Waals surface area contributed by atoms with Crippen molar-refractivity contribution in [3.8, 4) is 0 Å². The summed E-state index contributed by atoms with van der Waals surface area (Å²) in [6.07, 6.45) is -1.34. The molecule has 1 N–H and O–H groups in total. The van der Waals surface area contributed by atoms with Crippen LogP contribution in [0.4, 0.5) is 0 Å². The zero-order valence-corrected chi connectivity index (χ0v) is 11.8. The van der Waals surface area contributed by atoms with Crippen LogP contribution in [0.25, 0.3) is 0 Å². The first-order valence-electron chi connectivity index (χ1n) is 7.26. The SMILES string of the molecule is C=C(C)[C@@H]1C2OC(=O)C1[C@]1(O)CC3O[C@]34C(=O)O[C@H]2C14C. The summed E-state index contributed by atoms with van der Waals surface area (Å²) >= 11 is 0. The molecule has 2 saturated carbocycles. The van der Waals surface area contributed by atoms with Crippen LogP contribution >= 0.6 is 0 Å². The summed E-state index contributed by atoms with van der Waals surface area (Å²) in [6, 6.07) is 0. The molecule has 112 valence electrons. The van der Waals surface area contributed by atoms with Gasteiger partial charge < -0.3 is 19.3 Å². The maximum absolute atomic E-state index is 12.3. The first-order valence-corrected chi connectivity index (χ1v) is 7.26. The van der Waals surface area contributed by atoms with E-state index < -0.39 is 46.7 Å². The van der Waals surface area contributed by atoms with Gasteiger partial charge in [-0.2, -0.15) is 0 Å². The minimum Gasteiger partial charge on any atom is -0.457 e. The van der Waals surface area contributed by atoms with Crippen molar-refractivity contribution < 1.29 is 28.9 Å². The van der Waals surface area contributed by atoms with Gasteiger partial charge in [0.05, 0.1) is 16.9 Å². The van der Waals surface area contributed by atoms with Gasteiger partial charge in [-0.1, -0.05) is 12.2 Å². The first-order chi connectivity index (χ1) is 9.79. The molecule has 0 amide bonds. The zero-order chi connectivity index (χ0) is 14.9. The fraction of sp³-hybridized carbons (Fsp3) is 0.733. The van der Waals surface area contributed by atoms with Crippen LogP contribution in [0.1, 0.15) is 20.3 Å². The Morgan fingerprint density at radius 3 is 2.76 bits per heavy atom. The molecule has 0 aromatic rings. The monoisotopic (exact) mass is 292 g/mol. The average Bonchev–Trinajstić information content (AvgIpc) is 2.86. The number of carbonyl (C=O) groups is 2. The predicted molar refractivity (Wildman–Crippen MR) is 66.8 cm³/mol. The molecule has 3 aliphatic heterocycles. The van der Waals surface area contributed by atoms with Crippen LogP contribution in [0.3, 0.4) is 0 Å². The van der Waals surface area contributed by atoms with Crippen LogP contribution in [-0.2, 0) is 23.8 Å². The quantitative estimate of drug-likeness (QED) is 0.414. The fourth-order valence-electron chi connectivity index (χ4n) is 5.59. The lowest BCUT2D eigenvalue weighted by atomic mass is 9.53. The molecule has 2 aliphatic carbocycles. The molecule has 3 saturated heterocycles. The molecule has 3 heterocycles. The van der Waals surface area contributed by atoms with Crippen molar-refractivity contribution in [1.82, 2.24) is 0 Å². The Bertz CT molecular complexity index is 642. The third kappa shape index (κ3) is 0.874. The summed E-state index contributed by atoms with van der Waals surface area (Å²) < 4.78 is 16.6. The normalized spacial score (nSPS) is 62.0. The van der Waals surface area contributed by atoms with E-state index >= 15 is 0 Å². The maximum Gasteiger partial charge on any atom is 0.342 e. The van der Waals surface area contributed by atoms with Crippen LogP contribution < -0.4 is 0 Å². The third-order valence-corrected chi connectivity index (χ3v) is 6.60. The lowest BCUT2D eigenvalue weighted by molar-refractivity contribution is -0.195. The summed E-state index contributed by atoms with van der Waals surface area (Å²) in [5.41, 5.74) is -2.60. The van der Waals surface area contributed by atoms with Gasteiger partial charge in [0, 0.05) is 12.3 Å². The second-order valence-electron chi connectivity index (χ2n) is 7.25. The molecular weight excluding hydrogens is 276 g/mol. The summed E-state index contributed by atoms with van der Waals surface area (Å²) in [5.74, 6) is -1.86. The van der Waals surface area contributed by atoms with Crippen molar-refractivity contribution >= 4 is 11.9 Å². The molecule has 0 aromatic carbocycles. The molecule has 5 rings (SSSR count). The molecule has 8 atom stereocenters. The number of hydrogen-bond donors (Lipinski definition) is 1. The van der Waals surface area contributed by atoms with Crippen molar-refractivity contribution in [3.05, 3.63) is 12.2 Å². The second kappa shape index (κ2) is 2.90. The lowest BCUT2D eigenvalue weighted by Crippen LogP contribution is -2.66. The number of esters is 2. The van der Waals surface area contributed by atoms with E-state index in [4.69, 9.17) is 14.2 Å². The Morgan fingerprint density at radius 2 is 2.10 bits per heavy atom. The number of fused-ring (bicyclic) bond motifs is 4. The van der Waals surface area contributed by atoms with E-state index in [2.05, 4.69) is 6.58 Å². The average molecular weight is 292 g/mol. The standard InChI is InChI=1S/C15H16O6/c1-5(2)7-8-11(16)19-9(7)10-13(3)14(8,18)4-6-15(13,21-6)12(17)20-10/h6-10,18H,1,4H2,2-3H3/t6?,7-,8?,9?,10+,13?,14+,15-/m0/s1. The van der Waals surface area contributed by atoms with Crippen molar-refractivity contribution in [2.24, 2.45) is 17.3 Å². The minimum atomic E-state index is -1.35. The Balaban J connectivity index is 1.78. The number of carbonyl (C=O) groups excluding carboxylic acids is 2. The summed E-state index contributed by atoms with van der Waals surface area (Å²) in [7, 11) is 0. The predicted octanol–water partition coefficient (Wildman–Crippen LogP) is -0.0620. The molecule has 5 aliphatic rings. The highest BCUT2D eigenvalue weighted by Crippen LogP contribution is 2.76. The van der Waals surface area contributed by atoms with Gasteiger partial charge in [-0.25, -0.2) is 4.79 Å². The van der Waals surface area contributed by atoms with Gasteiger partial charge >= 0.3 is 11.9 Å². The molecule has 1 spiro atoms. The van der Waals surface area contributed by atoms with Gasteiger partial charge in [0.15, 0.2) is 6.10 Å². The first kappa shape index (κ1) is 12.2. The largest absolute Gasteiger partial charge is 0.457 e. The summed E-state index contributed by atoms with van der Waals surface area (Å²) in [5, 5.41) is 11.4. The number of epoxide rings is 1. The molecular formula is C15H16O6. The van der Waals surface area contributed by atoms with Crippen LogP contribution in [0, 0.1) is 17.3 Å². The van der Waals surface area contributed by atoms with E-state index in [0.717, 1.165) is 5.57 Å². The summed E-state index contributed by atoms with van der Waals surface area (Å²) in [4.78, 5) is 24.7. The highest BCUT2D eigenvalue weighted by atomic mass is 16.7. The Labute approximate surface area is 121 Å². The van der Waals surface area contributed by atoms with Crippen molar-refractivity contribution in [3.63, 3.8) is 0 Å². The van der Waals surface area contributed by atoms with Gasteiger partial charge in [-0.15, -0.1) is 0 Å². The van der Waals surface area contributed by atoms with E-state index in [0.29, 0.717) is 0 Å². The minimum absolute atomic E-state index is 0.269. The van der Waals surface area contributed by atoms with E-state index in [1.165, 1.54) is 0 Å². The van der Waals surface area contributed by atoms with E-state index in [1.54, 1.807) is 6.92 Å². The molecule has 0 aromatic heterocycles. The molecule has 5 fully saturated rings. The van der Waals surface area contributed by atoms with E-state index in [9.17, 15) is 14.7 Å². The zero-order valence-electron chi connectivity index (χ0n) is 11.8. The van der Waals surface area contributed by atoms with Gasteiger partial charge in [-0.05, 0) is 13.8 Å². The van der Waals surface area contributed by atoms with E-state index in [-0.39, 0.29) is 18.4 Å². The third-order valence-electron chi connectivity index (χ3n) is 6.60. The molecule has 2 bridgehead atoms. The summed E-state index contributed by atoms with van der Waals surface area (Å²) in [6.45, 7) is 7.55. The number of ether oxygens (including phenoxy) is 3. The van der Waals surface area contributed by atoms with E-state index in [1.807, 2.05) is 6.92 Å². The van der Waals surface area contributed by atoms with Gasteiger partial charge in [-0.3, -0.25) is 4.79 Å². The van der Waals surface area contributed by atoms with Crippen molar-refractivity contribution in [1.29, 1.82) is 0 Å². The van der Waals surface area contributed by atoms with Crippen LogP contribution in [0.5, 0.6) is 0 Å². The van der Waals surface area contributed by atoms with Crippen molar-refractivity contribution in [2.45, 2.75) is 49.8 Å². The van der Waals surface area contributed by atoms with Crippen LogP contribution in [0.15, 0.2) is 12.2 Å². The highest BCUT2D eigenvalue weighted by molar-refractivity contribution is 5.91. The fourth-order valence-corrected chi connectivity index (χ4v) is 5.59. The Kier molecular flexibility index (Phi) is 1.68. The van der Waals surface area contributed by atoms with Crippen molar-refractivity contribution in [2.75, 3.05) is 0 Å². The maximum atomic E-state index is 12.3. The number of hydrogen-bond acceptors (Lipinski definition) is 6. The lowest BCUT2D eigenvalue weighted by Gasteiger charge is -2.51. The topological polar surface area (TPSA) is 85.4 Å². The van der Waals surface area contributed by atoms with Crippen LogP contribution in [-0.4, -0.2) is 46.6 Å². The molecule has 0 radical (unpaired) electrons.